The first-order chi connectivity index (χ1) is 8.80. The minimum Gasteiger partial charge on any atom is -0.310 e. The summed E-state index contributed by atoms with van der Waals surface area (Å²) in [6.07, 6.45) is 1.13. The fourth-order valence-electron chi connectivity index (χ4n) is 1.42. The van der Waals surface area contributed by atoms with Crippen molar-refractivity contribution in [2.45, 2.75) is 64.1 Å². The Labute approximate surface area is 119 Å². The Morgan fingerprint density at radius 1 is 1.47 bits per heavy atom. The zero-order valence-electron chi connectivity index (χ0n) is 12.5. The molecule has 0 fully saturated rings. The fourth-order valence-corrected chi connectivity index (χ4v) is 2.23. The van der Waals surface area contributed by atoms with E-state index in [-0.39, 0.29) is 11.1 Å². The Morgan fingerprint density at radius 2 is 2.16 bits per heavy atom. The van der Waals surface area contributed by atoms with Crippen LogP contribution in [-0.4, -0.2) is 20.8 Å². The number of rotatable bonds is 6. The lowest BCUT2D eigenvalue weighted by Gasteiger charge is -2.20. The Hall–Kier alpha value is -0.810. The summed E-state index contributed by atoms with van der Waals surface area (Å²) in [5.74, 6) is 1.52. The third-order valence-corrected chi connectivity index (χ3v) is 4.07. The Morgan fingerprint density at radius 3 is 2.74 bits per heavy atom. The van der Waals surface area contributed by atoms with Crippen molar-refractivity contribution >= 4 is 11.8 Å². The van der Waals surface area contributed by atoms with Crippen LogP contribution in [-0.2, 0) is 12.3 Å². The van der Waals surface area contributed by atoms with Crippen LogP contribution in [0.5, 0.6) is 0 Å². The van der Waals surface area contributed by atoms with Crippen LogP contribution in [0.1, 0.15) is 52.6 Å². The molecule has 0 saturated carbocycles. The fraction of sp³-hybridized carbons (Fsp3) is 0.714. The quantitative estimate of drug-likeness (QED) is 0.843. The smallest absolute Gasteiger partial charge is 0.251 e. The van der Waals surface area contributed by atoms with E-state index in [1.54, 1.807) is 6.07 Å². The highest BCUT2D eigenvalue weighted by atomic mass is 32.2. The second kappa shape index (κ2) is 7.10. The molecule has 108 valence electrons. The standard InChI is InChI=1S/C14H25N3OS/c1-6-10(2)19-9-12-16-11(7-13(18)17-12)8-15-14(3,4)5/h7,10,15H,6,8-9H2,1-5H3,(H,16,17,18). The number of aromatic nitrogens is 2. The van der Waals surface area contributed by atoms with E-state index in [0.717, 1.165) is 23.7 Å². The van der Waals surface area contributed by atoms with Crippen LogP contribution in [0.2, 0.25) is 0 Å². The molecule has 1 aromatic heterocycles. The maximum atomic E-state index is 11.6. The minimum atomic E-state index is -0.0690. The molecule has 1 aromatic rings. The SMILES string of the molecule is CCC(C)SCc1nc(CNC(C)(C)C)cc(=O)[nH]1. The molecule has 1 atom stereocenters. The van der Waals surface area contributed by atoms with Gasteiger partial charge < -0.3 is 10.3 Å². The van der Waals surface area contributed by atoms with Crippen molar-refractivity contribution in [3.05, 3.63) is 27.9 Å². The number of nitrogens with one attached hydrogen (secondary N) is 2. The third-order valence-electron chi connectivity index (χ3n) is 2.72. The van der Waals surface area contributed by atoms with E-state index in [0.29, 0.717) is 11.8 Å². The van der Waals surface area contributed by atoms with E-state index in [1.807, 2.05) is 11.8 Å². The van der Waals surface area contributed by atoms with Crippen LogP contribution < -0.4 is 10.9 Å². The van der Waals surface area contributed by atoms with Crippen LogP contribution >= 0.6 is 11.8 Å². The molecule has 0 saturated heterocycles. The van der Waals surface area contributed by atoms with Gasteiger partial charge in [-0.25, -0.2) is 4.98 Å². The van der Waals surface area contributed by atoms with Gasteiger partial charge in [0.25, 0.3) is 5.56 Å². The molecule has 2 N–H and O–H groups in total. The van der Waals surface area contributed by atoms with Gasteiger partial charge in [0.05, 0.1) is 11.4 Å². The zero-order valence-corrected chi connectivity index (χ0v) is 13.4. The number of nitrogens with zero attached hydrogens (tertiary/aromatic N) is 1. The summed E-state index contributed by atoms with van der Waals surface area (Å²) in [7, 11) is 0. The molecule has 0 aliphatic carbocycles. The number of H-pyrrole nitrogens is 1. The van der Waals surface area contributed by atoms with Gasteiger partial charge in [0, 0.05) is 23.4 Å². The molecule has 0 amide bonds. The number of hydrogen-bond donors (Lipinski definition) is 2. The molecule has 5 heteroatoms. The summed E-state index contributed by atoms with van der Waals surface area (Å²) < 4.78 is 0. The van der Waals surface area contributed by atoms with Crippen molar-refractivity contribution < 1.29 is 0 Å². The normalized spacial score (nSPS) is 13.5. The molecule has 19 heavy (non-hydrogen) atoms. The van der Waals surface area contributed by atoms with Gasteiger partial charge in [0.15, 0.2) is 0 Å². The second-order valence-electron chi connectivity index (χ2n) is 5.82. The van der Waals surface area contributed by atoms with Gasteiger partial charge in [-0.2, -0.15) is 11.8 Å². The lowest BCUT2D eigenvalue weighted by Crippen LogP contribution is -2.35. The Bertz CT molecular complexity index is 451. The van der Waals surface area contributed by atoms with Gasteiger partial charge in [-0.1, -0.05) is 13.8 Å². The molecular formula is C14H25N3OS. The topological polar surface area (TPSA) is 57.8 Å². The molecular weight excluding hydrogens is 258 g/mol. The van der Waals surface area contributed by atoms with Crippen molar-refractivity contribution in [3.63, 3.8) is 0 Å². The van der Waals surface area contributed by atoms with Crippen molar-refractivity contribution in [1.82, 2.24) is 15.3 Å². The Kier molecular flexibility index (Phi) is 6.07. The molecule has 1 unspecified atom stereocenters. The molecule has 0 spiro atoms. The van der Waals surface area contributed by atoms with Crippen molar-refractivity contribution in [3.8, 4) is 0 Å². The lowest BCUT2D eigenvalue weighted by molar-refractivity contribution is 0.420. The average molecular weight is 283 g/mol. The van der Waals surface area contributed by atoms with E-state index in [1.165, 1.54) is 0 Å². The number of aromatic amines is 1. The predicted molar refractivity (Wildman–Crippen MR) is 82.5 cm³/mol. The number of thioether (sulfide) groups is 1. The van der Waals surface area contributed by atoms with E-state index >= 15 is 0 Å². The molecule has 0 radical (unpaired) electrons. The second-order valence-corrected chi connectivity index (χ2v) is 7.24. The maximum absolute atomic E-state index is 11.6. The largest absolute Gasteiger partial charge is 0.310 e. The van der Waals surface area contributed by atoms with Crippen molar-refractivity contribution in [1.29, 1.82) is 0 Å². The molecule has 0 bridgehead atoms. The summed E-state index contributed by atoms with van der Waals surface area (Å²) in [5, 5.41) is 3.93. The summed E-state index contributed by atoms with van der Waals surface area (Å²) in [5.41, 5.74) is 0.759. The summed E-state index contributed by atoms with van der Waals surface area (Å²) in [4.78, 5) is 18.9. The summed E-state index contributed by atoms with van der Waals surface area (Å²) in [6, 6.07) is 1.57. The van der Waals surface area contributed by atoms with E-state index in [4.69, 9.17) is 0 Å². The highest BCUT2D eigenvalue weighted by molar-refractivity contribution is 7.99. The third kappa shape index (κ3) is 6.78. The Balaban J connectivity index is 2.69. The van der Waals surface area contributed by atoms with Crippen LogP contribution in [0.3, 0.4) is 0 Å². The van der Waals surface area contributed by atoms with Gasteiger partial charge in [0.1, 0.15) is 5.82 Å². The maximum Gasteiger partial charge on any atom is 0.251 e. The van der Waals surface area contributed by atoms with Gasteiger partial charge in [-0.3, -0.25) is 4.79 Å². The highest BCUT2D eigenvalue weighted by Crippen LogP contribution is 2.17. The van der Waals surface area contributed by atoms with Crippen LogP contribution in [0.15, 0.2) is 10.9 Å². The average Bonchev–Trinajstić information content (AvgIpc) is 2.32. The highest BCUT2D eigenvalue weighted by Gasteiger charge is 2.10. The van der Waals surface area contributed by atoms with Crippen LogP contribution in [0, 0.1) is 0 Å². The molecule has 1 rings (SSSR count). The molecule has 0 aliphatic rings. The predicted octanol–water partition coefficient (Wildman–Crippen LogP) is 2.69. The minimum absolute atomic E-state index is 0.0237. The van der Waals surface area contributed by atoms with E-state index in [9.17, 15) is 4.79 Å². The number of hydrogen-bond acceptors (Lipinski definition) is 4. The van der Waals surface area contributed by atoms with Crippen LogP contribution in [0.25, 0.3) is 0 Å². The molecule has 0 aromatic carbocycles. The summed E-state index contributed by atoms with van der Waals surface area (Å²) >= 11 is 1.82. The molecule has 0 aliphatic heterocycles. The van der Waals surface area contributed by atoms with Gasteiger partial charge in [-0.15, -0.1) is 0 Å². The van der Waals surface area contributed by atoms with E-state index < -0.39 is 0 Å². The first kappa shape index (κ1) is 16.2. The first-order valence-electron chi connectivity index (χ1n) is 6.76. The van der Waals surface area contributed by atoms with Gasteiger partial charge in [-0.05, 0) is 27.2 Å². The van der Waals surface area contributed by atoms with Gasteiger partial charge in [0.2, 0.25) is 0 Å². The molecule has 1 heterocycles. The molecule has 4 nitrogen and oxygen atoms in total. The summed E-state index contributed by atoms with van der Waals surface area (Å²) in [6.45, 7) is 11.3. The van der Waals surface area contributed by atoms with Crippen molar-refractivity contribution in [2.24, 2.45) is 0 Å². The monoisotopic (exact) mass is 283 g/mol. The van der Waals surface area contributed by atoms with Crippen LogP contribution in [0.4, 0.5) is 0 Å². The lowest BCUT2D eigenvalue weighted by atomic mass is 10.1. The first-order valence-corrected chi connectivity index (χ1v) is 7.81. The van der Waals surface area contributed by atoms with E-state index in [2.05, 4.69) is 49.9 Å². The van der Waals surface area contributed by atoms with Gasteiger partial charge >= 0.3 is 0 Å². The van der Waals surface area contributed by atoms with Crippen molar-refractivity contribution in [2.75, 3.05) is 0 Å². The zero-order chi connectivity index (χ0) is 14.5.